The van der Waals surface area contributed by atoms with Crippen molar-refractivity contribution < 1.29 is 48.7 Å². The SMILES string of the molecule is CNCCCn1c(NCC(=O)O)nc2c1ccc[n+]2CC1=C(C(=O)O)N2C(=O)C(NC(=O)C(=NO[C@@H](C)C(=O)O)c3nc(N)sc3Cl)C2SC1. The smallest absolute Gasteiger partial charge is 0.352 e. The van der Waals surface area contributed by atoms with Gasteiger partial charge in [0, 0.05) is 17.9 Å². The summed E-state index contributed by atoms with van der Waals surface area (Å²) in [7, 11) is 1.82. The van der Waals surface area contributed by atoms with Crippen molar-refractivity contribution in [1.29, 1.82) is 0 Å². The highest BCUT2D eigenvalue weighted by molar-refractivity contribution is 8.00. The quantitative estimate of drug-likeness (QED) is 0.0327. The molecule has 8 N–H and O–H groups in total. The number of aliphatic carboxylic acids is 3. The lowest BCUT2D eigenvalue weighted by atomic mass is 10.0. The highest BCUT2D eigenvalue weighted by atomic mass is 35.5. The van der Waals surface area contributed by atoms with E-state index in [-0.39, 0.29) is 39.7 Å². The molecule has 3 atom stereocenters. The fourth-order valence-corrected chi connectivity index (χ4v) is 7.51. The molecular formula is C28H32ClN10O9S2+. The highest BCUT2D eigenvalue weighted by Crippen LogP contribution is 2.40. The van der Waals surface area contributed by atoms with Gasteiger partial charge in [-0.05, 0) is 44.1 Å². The van der Waals surface area contributed by atoms with Crippen LogP contribution in [0.4, 0.5) is 11.1 Å². The third-order valence-electron chi connectivity index (χ3n) is 7.57. The average Bonchev–Trinajstić information content (AvgIpc) is 3.60. The lowest BCUT2D eigenvalue weighted by Gasteiger charge is -2.49. The van der Waals surface area contributed by atoms with E-state index in [1.54, 1.807) is 16.8 Å². The van der Waals surface area contributed by atoms with Gasteiger partial charge in [-0.15, -0.1) is 11.8 Å². The van der Waals surface area contributed by atoms with Gasteiger partial charge in [-0.2, -0.15) is 0 Å². The number of rotatable bonds is 16. The number of aromatic nitrogens is 4. The molecule has 2 unspecified atom stereocenters. The molecule has 266 valence electrons. The molecule has 1 fully saturated rings. The van der Waals surface area contributed by atoms with E-state index in [0.717, 1.165) is 22.7 Å². The number of halogens is 1. The van der Waals surface area contributed by atoms with E-state index >= 15 is 0 Å². The van der Waals surface area contributed by atoms with Gasteiger partial charge in [-0.1, -0.05) is 28.1 Å². The van der Waals surface area contributed by atoms with Crippen molar-refractivity contribution in [3.05, 3.63) is 39.6 Å². The van der Waals surface area contributed by atoms with Crippen LogP contribution in [0.25, 0.3) is 11.2 Å². The summed E-state index contributed by atoms with van der Waals surface area (Å²) in [5, 5.41) is 39.9. The largest absolute Gasteiger partial charge is 0.480 e. The van der Waals surface area contributed by atoms with E-state index in [4.69, 9.17) is 27.3 Å². The summed E-state index contributed by atoms with van der Waals surface area (Å²) in [6.07, 6.45) is 1.00. The second-order valence-electron chi connectivity index (χ2n) is 11.0. The van der Waals surface area contributed by atoms with Crippen LogP contribution < -0.4 is 26.3 Å². The Balaban J connectivity index is 1.40. The molecular weight excluding hydrogens is 720 g/mol. The maximum absolute atomic E-state index is 13.5. The molecule has 2 amide bonds. The zero-order valence-electron chi connectivity index (χ0n) is 26.5. The van der Waals surface area contributed by atoms with E-state index in [1.807, 2.05) is 17.7 Å². The first-order valence-electron chi connectivity index (χ1n) is 14.9. The predicted molar refractivity (Wildman–Crippen MR) is 181 cm³/mol. The Hall–Kier alpha value is -4.99. The molecule has 2 aliphatic heterocycles. The topological polar surface area (TPSA) is 268 Å². The Morgan fingerprint density at radius 3 is 2.66 bits per heavy atom. The fraction of sp³-hybridized carbons (Fsp3) is 0.393. The van der Waals surface area contributed by atoms with E-state index in [9.17, 15) is 34.2 Å². The molecule has 5 heterocycles. The summed E-state index contributed by atoms with van der Waals surface area (Å²) in [5.41, 5.74) is 6.33. The van der Waals surface area contributed by atoms with Crippen LogP contribution >= 0.6 is 34.7 Å². The molecule has 0 radical (unpaired) electrons. The number of carboxylic acids is 3. The number of anilines is 2. The molecule has 1 saturated heterocycles. The van der Waals surface area contributed by atoms with Crippen molar-refractivity contribution in [1.82, 2.24) is 30.1 Å². The molecule has 0 bridgehead atoms. The number of β-lactam (4-membered cyclic amide) rings is 1. The molecule has 3 aromatic heterocycles. The third-order valence-corrected chi connectivity index (χ3v) is 10.00. The first-order chi connectivity index (χ1) is 23.8. The molecule has 0 aliphatic carbocycles. The van der Waals surface area contributed by atoms with Crippen molar-refractivity contribution in [3.8, 4) is 0 Å². The minimum atomic E-state index is -1.44. The minimum absolute atomic E-state index is 0.00356. The van der Waals surface area contributed by atoms with E-state index in [1.165, 1.54) is 18.7 Å². The molecule has 50 heavy (non-hydrogen) atoms. The fourth-order valence-electron chi connectivity index (χ4n) is 5.25. The van der Waals surface area contributed by atoms with Gasteiger partial charge in [-0.3, -0.25) is 23.9 Å². The van der Waals surface area contributed by atoms with Gasteiger partial charge in [0.1, 0.15) is 45.7 Å². The van der Waals surface area contributed by atoms with Gasteiger partial charge in [0.25, 0.3) is 11.8 Å². The molecule has 0 spiro atoms. The van der Waals surface area contributed by atoms with Crippen LogP contribution in [0, 0.1) is 0 Å². The van der Waals surface area contributed by atoms with Crippen LogP contribution in [0.3, 0.4) is 0 Å². The summed E-state index contributed by atoms with van der Waals surface area (Å²) < 4.78 is 3.55. The lowest BCUT2D eigenvalue weighted by molar-refractivity contribution is -0.664. The number of carbonyl (C=O) groups is 5. The second-order valence-corrected chi connectivity index (χ2v) is 13.7. The molecule has 19 nitrogen and oxygen atoms in total. The minimum Gasteiger partial charge on any atom is -0.480 e. The Morgan fingerprint density at radius 2 is 2.02 bits per heavy atom. The van der Waals surface area contributed by atoms with E-state index < -0.39 is 53.0 Å². The van der Waals surface area contributed by atoms with Gasteiger partial charge in [0.05, 0.1) is 6.20 Å². The Bertz CT molecular complexity index is 1930. The van der Waals surface area contributed by atoms with Gasteiger partial charge in [0.2, 0.25) is 6.10 Å². The van der Waals surface area contributed by atoms with Crippen molar-refractivity contribution in [2.75, 3.05) is 36.9 Å². The van der Waals surface area contributed by atoms with Crippen molar-refractivity contribution in [2.24, 2.45) is 5.16 Å². The summed E-state index contributed by atoms with van der Waals surface area (Å²) >= 11 is 8.25. The van der Waals surface area contributed by atoms with Crippen LogP contribution in [0.2, 0.25) is 4.34 Å². The van der Waals surface area contributed by atoms with E-state index in [0.29, 0.717) is 35.8 Å². The van der Waals surface area contributed by atoms with Crippen LogP contribution in [-0.4, -0.2) is 114 Å². The number of pyridine rings is 1. The number of nitrogens with zero attached hydrogens (tertiary/aromatic N) is 6. The summed E-state index contributed by atoms with van der Waals surface area (Å²) in [4.78, 5) is 76.6. The molecule has 0 saturated carbocycles. The third kappa shape index (κ3) is 7.44. The number of imidazole rings is 1. The number of thioether (sulfide) groups is 1. The monoisotopic (exact) mass is 751 g/mol. The van der Waals surface area contributed by atoms with Gasteiger partial charge < -0.3 is 41.8 Å². The van der Waals surface area contributed by atoms with Crippen LogP contribution in [0.1, 0.15) is 19.0 Å². The zero-order valence-corrected chi connectivity index (χ0v) is 28.8. The number of nitrogens with two attached hydrogens (primary N) is 1. The number of hydrogen-bond acceptors (Lipinski definition) is 14. The summed E-state index contributed by atoms with van der Waals surface area (Å²) in [6.45, 7) is 2.11. The number of carboxylic acid groups (broad SMARTS) is 3. The number of nitrogens with one attached hydrogen (secondary N) is 3. The standard InChI is InChI=1S/C28H31ClN10O9S2/c1-12(25(44)45)48-36-17(16-20(29)50-27(30)34-16)22(42)33-18-23(43)39-19(26(46)47)13(11-49-24(18)39)10-37-7-3-5-14-21(37)35-28(32-9-15(40)41)38(14)8-4-6-31-2/h3,5,7,12,18,24,31H,4,6,8-11H2,1-2H3,(H6,30,33,34,40,41,42,44,45,46,47)/p+1/t12-,18?,24?/m0/s1. The van der Waals surface area contributed by atoms with E-state index in [2.05, 4.69) is 31.1 Å². The molecule has 5 rings (SSSR count). The van der Waals surface area contributed by atoms with Crippen LogP contribution in [0.15, 0.2) is 34.8 Å². The Labute approximate surface area is 296 Å². The first-order valence-corrected chi connectivity index (χ1v) is 17.1. The number of oxime groups is 1. The van der Waals surface area contributed by atoms with Crippen molar-refractivity contribution in [3.63, 3.8) is 0 Å². The van der Waals surface area contributed by atoms with Crippen molar-refractivity contribution in [2.45, 2.75) is 44.0 Å². The number of nitrogen functional groups attached to an aromatic ring is 1. The molecule has 22 heteroatoms. The predicted octanol–water partition coefficient (Wildman–Crippen LogP) is -0.245. The molecule has 0 aromatic carbocycles. The molecule has 2 aliphatic rings. The number of fused-ring (bicyclic) bond motifs is 2. The zero-order chi connectivity index (χ0) is 36.3. The Morgan fingerprint density at radius 1 is 1.26 bits per heavy atom. The lowest BCUT2D eigenvalue weighted by Crippen LogP contribution is -2.71. The highest BCUT2D eigenvalue weighted by Gasteiger charge is 2.54. The van der Waals surface area contributed by atoms with Gasteiger partial charge >= 0.3 is 29.5 Å². The van der Waals surface area contributed by atoms with Crippen LogP contribution in [0.5, 0.6) is 0 Å². The maximum Gasteiger partial charge on any atom is 0.352 e. The number of amides is 2. The first kappa shape index (κ1) is 36.3. The Kier molecular flexibility index (Phi) is 11.1. The normalized spacial score (nSPS) is 18.0. The number of thiazole rings is 1. The van der Waals surface area contributed by atoms with Crippen LogP contribution in [-0.2, 0) is 41.9 Å². The molecule has 3 aromatic rings. The van der Waals surface area contributed by atoms with Gasteiger partial charge in [-0.25, -0.2) is 19.1 Å². The van der Waals surface area contributed by atoms with Crippen molar-refractivity contribution >= 4 is 92.4 Å². The summed E-state index contributed by atoms with van der Waals surface area (Å²) in [5.74, 6) is -4.93. The number of aryl methyl sites for hydroxylation is 1. The second kappa shape index (κ2) is 15.3. The average molecular weight is 752 g/mol. The summed E-state index contributed by atoms with van der Waals surface area (Å²) in [6, 6.07) is 2.42. The number of hydrogen-bond donors (Lipinski definition) is 7. The van der Waals surface area contributed by atoms with Gasteiger partial charge in [0.15, 0.2) is 10.8 Å². The number of carbonyl (C=O) groups excluding carboxylic acids is 2. The maximum atomic E-state index is 13.5.